The van der Waals surface area contributed by atoms with Gasteiger partial charge in [0.1, 0.15) is 12.4 Å². The van der Waals surface area contributed by atoms with E-state index in [1.165, 1.54) is 7.11 Å². The van der Waals surface area contributed by atoms with Crippen molar-refractivity contribution in [2.24, 2.45) is 0 Å². The van der Waals surface area contributed by atoms with Crippen molar-refractivity contribution in [3.05, 3.63) is 65.9 Å². The third-order valence-corrected chi connectivity index (χ3v) is 4.40. The summed E-state index contributed by atoms with van der Waals surface area (Å²) < 4.78 is 16.2. The molecule has 0 aliphatic rings. The predicted octanol–water partition coefficient (Wildman–Crippen LogP) is 4.50. The van der Waals surface area contributed by atoms with Crippen LogP contribution in [0.3, 0.4) is 0 Å². The minimum atomic E-state index is -1.43. The van der Waals surface area contributed by atoms with Gasteiger partial charge in [-0.15, -0.1) is 0 Å². The summed E-state index contributed by atoms with van der Waals surface area (Å²) in [5.74, 6) is 0.679. The number of nitrogens with one attached hydrogen (secondary N) is 1. The Bertz CT molecular complexity index is 1140. The predicted molar refractivity (Wildman–Crippen MR) is 104 cm³/mol. The average molecular weight is 378 g/mol. The topological polar surface area (TPSA) is 93.7 Å². The maximum Gasteiger partial charge on any atom is 0.512 e. The zero-order chi connectivity index (χ0) is 19.5. The molecule has 2 aromatic carbocycles. The highest BCUT2D eigenvalue weighted by Gasteiger charge is 2.19. The van der Waals surface area contributed by atoms with Gasteiger partial charge in [0.05, 0.1) is 29.4 Å². The maximum absolute atomic E-state index is 11.1. The van der Waals surface area contributed by atoms with Crippen molar-refractivity contribution >= 4 is 28.0 Å². The van der Waals surface area contributed by atoms with Crippen LogP contribution in [0.25, 0.3) is 21.8 Å². The Morgan fingerprint density at radius 3 is 2.61 bits per heavy atom. The van der Waals surface area contributed by atoms with Crippen LogP contribution < -0.4 is 9.47 Å². The molecular formula is C21H18N2O5. The quantitative estimate of drug-likeness (QED) is 0.480. The average Bonchev–Trinajstić information content (AvgIpc) is 3.08. The number of methoxy groups -OCH3 is 1. The first-order valence-corrected chi connectivity index (χ1v) is 8.66. The molecule has 2 heterocycles. The summed E-state index contributed by atoms with van der Waals surface area (Å²) in [4.78, 5) is 18.5. The first-order valence-electron chi connectivity index (χ1n) is 8.66. The molecule has 0 amide bonds. The molecule has 0 aliphatic heterocycles. The summed E-state index contributed by atoms with van der Waals surface area (Å²) in [6, 6.07) is 15.6. The van der Waals surface area contributed by atoms with E-state index >= 15 is 0 Å². The van der Waals surface area contributed by atoms with Gasteiger partial charge in [-0.1, -0.05) is 36.4 Å². The molecule has 7 nitrogen and oxygen atoms in total. The first-order chi connectivity index (χ1) is 13.7. The van der Waals surface area contributed by atoms with Crippen molar-refractivity contribution in [1.82, 2.24) is 9.97 Å². The summed E-state index contributed by atoms with van der Waals surface area (Å²) in [6.07, 6.45) is 0.123. The molecule has 7 heteroatoms. The fourth-order valence-corrected chi connectivity index (χ4v) is 3.26. The van der Waals surface area contributed by atoms with E-state index in [9.17, 15) is 4.79 Å². The number of H-pyrrole nitrogens is 1. The van der Waals surface area contributed by atoms with Crippen molar-refractivity contribution in [1.29, 1.82) is 0 Å². The van der Waals surface area contributed by atoms with Crippen molar-refractivity contribution in [3.8, 4) is 11.6 Å². The largest absolute Gasteiger partial charge is 0.512 e. The Morgan fingerprint density at radius 2 is 1.86 bits per heavy atom. The lowest BCUT2D eigenvalue weighted by molar-refractivity contribution is 0.139. The minimum Gasteiger partial charge on any atom is -0.488 e. The molecule has 0 saturated heterocycles. The number of pyridine rings is 1. The molecule has 0 saturated carbocycles. The highest BCUT2D eigenvalue weighted by Crippen LogP contribution is 2.38. The smallest absolute Gasteiger partial charge is 0.488 e. The summed E-state index contributed by atoms with van der Waals surface area (Å²) in [6.45, 7) is 0.558. The number of carbonyl (C=O) groups is 1. The van der Waals surface area contributed by atoms with Gasteiger partial charge in [0.2, 0.25) is 5.88 Å². The molecule has 142 valence electrons. The molecule has 28 heavy (non-hydrogen) atoms. The van der Waals surface area contributed by atoms with E-state index in [1.807, 2.05) is 48.5 Å². The van der Waals surface area contributed by atoms with Gasteiger partial charge in [-0.2, -0.15) is 0 Å². The van der Waals surface area contributed by atoms with Crippen LogP contribution in [0.15, 0.2) is 54.7 Å². The summed E-state index contributed by atoms with van der Waals surface area (Å²) in [5.41, 5.74) is 3.19. The lowest BCUT2D eigenvalue weighted by Crippen LogP contribution is -2.07. The number of ether oxygens (including phenoxy) is 3. The number of rotatable bonds is 6. The molecule has 2 aromatic heterocycles. The third kappa shape index (κ3) is 3.35. The SMILES string of the molecule is COCc1c(OC(=O)O)ncc2[nH]c3cccc(OCc4ccccc4)c3c12. The van der Waals surface area contributed by atoms with Crippen LogP contribution in [0.2, 0.25) is 0 Å². The van der Waals surface area contributed by atoms with E-state index in [2.05, 4.69) is 9.97 Å². The second-order valence-electron chi connectivity index (χ2n) is 6.21. The Balaban J connectivity index is 1.86. The third-order valence-electron chi connectivity index (χ3n) is 4.40. The van der Waals surface area contributed by atoms with E-state index in [0.29, 0.717) is 17.9 Å². The lowest BCUT2D eigenvalue weighted by Gasteiger charge is -2.11. The van der Waals surface area contributed by atoms with Gasteiger partial charge in [-0.25, -0.2) is 9.78 Å². The van der Waals surface area contributed by atoms with Gasteiger partial charge in [-0.3, -0.25) is 0 Å². The van der Waals surface area contributed by atoms with Gasteiger partial charge >= 0.3 is 6.16 Å². The Kier molecular flexibility index (Phi) is 4.82. The number of aromatic nitrogens is 2. The summed E-state index contributed by atoms with van der Waals surface area (Å²) in [7, 11) is 1.53. The summed E-state index contributed by atoms with van der Waals surface area (Å²) in [5, 5.41) is 10.6. The van der Waals surface area contributed by atoms with Crippen LogP contribution >= 0.6 is 0 Å². The molecule has 4 aromatic rings. The summed E-state index contributed by atoms with van der Waals surface area (Å²) >= 11 is 0. The Morgan fingerprint density at radius 1 is 1.04 bits per heavy atom. The molecule has 4 rings (SSSR count). The fraction of sp³-hybridized carbons (Fsp3) is 0.143. The first kappa shape index (κ1) is 17.8. The Hall–Kier alpha value is -3.58. The highest BCUT2D eigenvalue weighted by atomic mass is 16.7. The van der Waals surface area contributed by atoms with Crippen molar-refractivity contribution in [2.45, 2.75) is 13.2 Å². The zero-order valence-electron chi connectivity index (χ0n) is 15.1. The molecule has 0 atom stereocenters. The van der Waals surface area contributed by atoms with Crippen LogP contribution in [0.4, 0.5) is 4.79 Å². The van der Waals surface area contributed by atoms with Crippen molar-refractivity contribution in [2.75, 3.05) is 7.11 Å². The fourth-order valence-electron chi connectivity index (χ4n) is 3.26. The van der Waals surface area contributed by atoms with Gasteiger partial charge in [0, 0.05) is 17.9 Å². The van der Waals surface area contributed by atoms with E-state index in [1.54, 1.807) is 6.20 Å². The minimum absolute atomic E-state index is 0.000567. The van der Waals surface area contributed by atoms with Gasteiger partial charge in [-0.05, 0) is 17.7 Å². The molecule has 0 aliphatic carbocycles. The number of hydrogen-bond acceptors (Lipinski definition) is 5. The number of aromatic amines is 1. The second kappa shape index (κ2) is 7.58. The van der Waals surface area contributed by atoms with Crippen LogP contribution in [-0.2, 0) is 18.0 Å². The molecule has 0 radical (unpaired) electrons. The lowest BCUT2D eigenvalue weighted by atomic mass is 10.1. The van der Waals surface area contributed by atoms with E-state index in [0.717, 1.165) is 27.4 Å². The molecule has 2 N–H and O–H groups in total. The molecular weight excluding hydrogens is 360 g/mol. The van der Waals surface area contributed by atoms with Crippen molar-refractivity contribution < 1.29 is 24.1 Å². The van der Waals surface area contributed by atoms with E-state index in [-0.39, 0.29) is 12.5 Å². The van der Waals surface area contributed by atoms with E-state index < -0.39 is 6.16 Å². The van der Waals surface area contributed by atoms with Crippen LogP contribution in [-0.4, -0.2) is 28.3 Å². The number of fused-ring (bicyclic) bond motifs is 3. The Labute approximate surface area is 160 Å². The standard InChI is InChI=1S/C21H18N2O5/c1-26-12-14-18-16(10-22-20(14)28-21(24)25)23-15-8-5-9-17(19(15)18)27-11-13-6-3-2-4-7-13/h2-10,23H,11-12H2,1H3,(H,24,25). The number of nitrogens with zero attached hydrogens (tertiary/aromatic N) is 1. The van der Waals surface area contributed by atoms with Crippen LogP contribution in [0, 0.1) is 0 Å². The number of benzene rings is 2. The highest BCUT2D eigenvalue weighted by molar-refractivity contribution is 6.12. The molecule has 0 fully saturated rings. The van der Waals surface area contributed by atoms with Gasteiger partial charge < -0.3 is 24.3 Å². The monoisotopic (exact) mass is 378 g/mol. The second-order valence-corrected chi connectivity index (χ2v) is 6.21. The molecule has 0 bridgehead atoms. The maximum atomic E-state index is 11.1. The van der Waals surface area contributed by atoms with Crippen molar-refractivity contribution in [3.63, 3.8) is 0 Å². The van der Waals surface area contributed by atoms with Gasteiger partial charge in [0.25, 0.3) is 0 Å². The van der Waals surface area contributed by atoms with Crippen LogP contribution in [0.5, 0.6) is 11.6 Å². The normalized spacial score (nSPS) is 11.0. The van der Waals surface area contributed by atoms with E-state index in [4.69, 9.17) is 19.3 Å². The zero-order valence-corrected chi connectivity index (χ0v) is 15.1. The number of carboxylic acid groups (broad SMARTS) is 1. The molecule has 0 unspecified atom stereocenters. The number of hydrogen-bond donors (Lipinski definition) is 2. The van der Waals surface area contributed by atoms with Gasteiger partial charge in [0.15, 0.2) is 0 Å². The van der Waals surface area contributed by atoms with Crippen LogP contribution in [0.1, 0.15) is 11.1 Å². The molecule has 0 spiro atoms.